The monoisotopic (exact) mass is 439 g/mol. The van der Waals surface area contributed by atoms with Crippen molar-refractivity contribution in [1.82, 2.24) is 8.87 Å². The van der Waals surface area contributed by atoms with Crippen LogP contribution in [0.1, 0.15) is 35.7 Å². The van der Waals surface area contributed by atoms with Crippen molar-refractivity contribution in [1.29, 1.82) is 0 Å². The number of anilines is 1. The molecular weight excluding hydrogens is 414 g/mol. The van der Waals surface area contributed by atoms with E-state index in [0.717, 1.165) is 29.9 Å². The zero-order valence-electron chi connectivity index (χ0n) is 17.6. The molecule has 7 nitrogen and oxygen atoms in total. The fourth-order valence-corrected chi connectivity index (χ4v) is 6.67. The largest absolute Gasteiger partial charge is 0.465 e. The number of nitrogens with zero attached hydrogens (tertiary/aromatic N) is 3. The third kappa shape index (κ3) is 3.04. The summed E-state index contributed by atoms with van der Waals surface area (Å²) in [5.74, 6) is 0. The fraction of sp³-hybridized carbons (Fsp3) is 0.348. The maximum Gasteiger partial charge on any atom is 0.411 e. The number of hydrogen-bond acceptors (Lipinski definition) is 3. The summed E-state index contributed by atoms with van der Waals surface area (Å²) < 4.78 is 31.1. The van der Waals surface area contributed by atoms with Crippen molar-refractivity contribution in [2.24, 2.45) is 0 Å². The normalized spacial score (nSPS) is 18.7. The molecule has 31 heavy (non-hydrogen) atoms. The van der Waals surface area contributed by atoms with Gasteiger partial charge in [0, 0.05) is 42.4 Å². The van der Waals surface area contributed by atoms with Gasteiger partial charge in [-0.1, -0.05) is 11.6 Å². The van der Waals surface area contributed by atoms with E-state index in [1.54, 1.807) is 4.31 Å². The zero-order valence-corrected chi connectivity index (χ0v) is 18.4. The first kappa shape index (κ1) is 20.1. The Hall–Kier alpha value is -2.84. The van der Waals surface area contributed by atoms with Crippen molar-refractivity contribution in [2.75, 3.05) is 18.5 Å². The maximum absolute atomic E-state index is 13.6. The minimum absolute atomic E-state index is 0.170. The van der Waals surface area contributed by atoms with Gasteiger partial charge >= 0.3 is 6.09 Å². The van der Waals surface area contributed by atoms with Gasteiger partial charge in [-0.2, -0.15) is 4.31 Å². The van der Waals surface area contributed by atoms with E-state index in [1.165, 1.54) is 53.3 Å². The van der Waals surface area contributed by atoms with E-state index in [9.17, 15) is 13.2 Å². The molecule has 0 saturated heterocycles. The molecule has 0 spiro atoms. The molecule has 3 aromatic rings. The molecule has 0 fully saturated rings. The van der Waals surface area contributed by atoms with Crippen LogP contribution >= 0.6 is 0 Å². The number of sulfonamides is 1. The van der Waals surface area contributed by atoms with E-state index in [4.69, 9.17) is 5.11 Å². The molecule has 8 heteroatoms. The standard InChI is InChI=1S/C23H25N3O4S/c1-15-6-11-20-19(14-15)18-4-3-5-21-22(18)25(20)12-13-26(21)31(29,30)17-9-7-16(8-10-17)24(2)23(27)28/h6-11,14,21H,3-5,12-13H2,1-2H3,(H,27,28). The molecule has 1 amide bonds. The Morgan fingerprint density at radius 2 is 1.87 bits per heavy atom. The number of aryl methyl sites for hydroxylation is 2. The number of hydrogen-bond donors (Lipinski definition) is 1. The molecule has 0 bridgehead atoms. The maximum atomic E-state index is 13.6. The van der Waals surface area contributed by atoms with Crippen molar-refractivity contribution in [3.63, 3.8) is 0 Å². The lowest BCUT2D eigenvalue weighted by Crippen LogP contribution is -2.43. The van der Waals surface area contributed by atoms with E-state index >= 15 is 0 Å². The molecule has 1 aliphatic carbocycles. The lowest BCUT2D eigenvalue weighted by Gasteiger charge is -2.39. The molecule has 1 aliphatic heterocycles. The lowest BCUT2D eigenvalue weighted by atomic mass is 9.90. The van der Waals surface area contributed by atoms with E-state index < -0.39 is 16.1 Å². The number of carboxylic acid groups (broad SMARTS) is 1. The van der Waals surface area contributed by atoms with Crippen LogP contribution in [-0.2, 0) is 23.0 Å². The number of fused-ring (bicyclic) bond motifs is 3. The van der Waals surface area contributed by atoms with Crippen LogP contribution in [0.4, 0.5) is 10.5 Å². The van der Waals surface area contributed by atoms with Gasteiger partial charge in [-0.25, -0.2) is 13.2 Å². The summed E-state index contributed by atoms with van der Waals surface area (Å²) in [7, 11) is -2.27. The molecule has 162 valence electrons. The summed E-state index contributed by atoms with van der Waals surface area (Å²) in [6, 6.07) is 12.4. The highest BCUT2D eigenvalue weighted by Crippen LogP contribution is 2.44. The second-order valence-electron chi connectivity index (χ2n) is 8.40. The summed E-state index contributed by atoms with van der Waals surface area (Å²) in [5.41, 5.74) is 5.27. The lowest BCUT2D eigenvalue weighted by molar-refractivity contribution is 0.203. The number of benzene rings is 2. The summed E-state index contributed by atoms with van der Waals surface area (Å²) in [6.07, 6.45) is 1.65. The topological polar surface area (TPSA) is 82.9 Å². The van der Waals surface area contributed by atoms with Gasteiger partial charge in [-0.15, -0.1) is 0 Å². The highest BCUT2D eigenvalue weighted by Gasteiger charge is 2.40. The molecular formula is C23H25N3O4S. The number of aromatic nitrogens is 1. The minimum Gasteiger partial charge on any atom is -0.465 e. The average Bonchev–Trinajstić information content (AvgIpc) is 3.08. The molecule has 2 aromatic carbocycles. The van der Waals surface area contributed by atoms with E-state index in [-0.39, 0.29) is 10.9 Å². The first-order chi connectivity index (χ1) is 14.8. The molecule has 5 rings (SSSR count). The number of carbonyl (C=O) groups is 1. The summed E-state index contributed by atoms with van der Waals surface area (Å²) in [5, 5.41) is 10.4. The van der Waals surface area contributed by atoms with Crippen LogP contribution in [0.15, 0.2) is 47.4 Å². The van der Waals surface area contributed by atoms with Crippen LogP contribution in [0.5, 0.6) is 0 Å². The second kappa shape index (κ2) is 7.10. The van der Waals surface area contributed by atoms with Crippen molar-refractivity contribution in [3.8, 4) is 0 Å². The third-order valence-corrected chi connectivity index (χ3v) is 8.52. The quantitative estimate of drug-likeness (QED) is 0.665. The molecule has 1 unspecified atom stereocenters. The van der Waals surface area contributed by atoms with Gasteiger partial charge < -0.3 is 9.67 Å². The van der Waals surface area contributed by atoms with Crippen LogP contribution < -0.4 is 4.90 Å². The van der Waals surface area contributed by atoms with Crippen LogP contribution in [0.2, 0.25) is 0 Å². The minimum atomic E-state index is -3.70. The Labute approximate surface area is 181 Å². The Morgan fingerprint density at radius 3 is 2.58 bits per heavy atom. The highest BCUT2D eigenvalue weighted by atomic mass is 32.2. The Bertz CT molecular complexity index is 1290. The first-order valence-electron chi connectivity index (χ1n) is 10.5. The van der Waals surface area contributed by atoms with Gasteiger partial charge in [-0.05, 0) is 68.1 Å². The van der Waals surface area contributed by atoms with Crippen LogP contribution in [0.25, 0.3) is 10.9 Å². The van der Waals surface area contributed by atoms with E-state index in [0.29, 0.717) is 18.8 Å². The van der Waals surface area contributed by atoms with Crippen molar-refractivity contribution < 1.29 is 18.3 Å². The van der Waals surface area contributed by atoms with Gasteiger partial charge in [0.1, 0.15) is 0 Å². The van der Waals surface area contributed by atoms with Gasteiger partial charge in [0.15, 0.2) is 0 Å². The molecule has 1 aromatic heterocycles. The predicted molar refractivity (Wildman–Crippen MR) is 119 cm³/mol. The van der Waals surface area contributed by atoms with Crippen molar-refractivity contribution in [2.45, 2.75) is 43.7 Å². The molecule has 0 radical (unpaired) electrons. The van der Waals surface area contributed by atoms with Gasteiger partial charge in [0.25, 0.3) is 0 Å². The Balaban J connectivity index is 1.55. The summed E-state index contributed by atoms with van der Waals surface area (Å²) in [6.45, 7) is 3.14. The Kier molecular flexibility index (Phi) is 4.60. The van der Waals surface area contributed by atoms with Crippen molar-refractivity contribution >= 4 is 32.7 Å². The number of amides is 1. The van der Waals surface area contributed by atoms with Crippen LogP contribution in [0.3, 0.4) is 0 Å². The van der Waals surface area contributed by atoms with Crippen LogP contribution in [0, 0.1) is 6.92 Å². The van der Waals surface area contributed by atoms with Crippen molar-refractivity contribution in [3.05, 3.63) is 59.3 Å². The molecule has 1 atom stereocenters. The Morgan fingerprint density at radius 1 is 1.13 bits per heavy atom. The molecule has 0 saturated carbocycles. The fourth-order valence-electron chi connectivity index (χ4n) is 5.06. The highest BCUT2D eigenvalue weighted by molar-refractivity contribution is 7.89. The van der Waals surface area contributed by atoms with E-state index in [2.05, 4.69) is 29.7 Å². The average molecular weight is 440 g/mol. The zero-order chi connectivity index (χ0) is 21.9. The molecule has 2 heterocycles. The first-order valence-corrected chi connectivity index (χ1v) is 11.9. The smallest absolute Gasteiger partial charge is 0.411 e. The van der Waals surface area contributed by atoms with Gasteiger partial charge in [0.2, 0.25) is 10.0 Å². The van der Waals surface area contributed by atoms with Crippen LogP contribution in [-0.4, -0.2) is 42.1 Å². The number of rotatable bonds is 3. The third-order valence-electron chi connectivity index (χ3n) is 6.60. The second-order valence-corrected chi connectivity index (χ2v) is 10.3. The summed E-state index contributed by atoms with van der Waals surface area (Å²) >= 11 is 0. The van der Waals surface area contributed by atoms with Gasteiger partial charge in [-0.3, -0.25) is 4.90 Å². The molecule has 1 N–H and O–H groups in total. The molecule has 2 aliphatic rings. The SMILES string of the molecule is Cc1ccc2c(c1)c1c3n2CCN(S(=O)(=O)c2ccc(N(C)C(=O)O)cc2)C3CCC1. The summed E-state index contributed by atoms with van der Waals surface area (Å²) in [4.78, 5) is 12.4. The predicted octanol–water partition coefficient (Wildman–Crippen LogP) is 4.15. The van der Waals surface area contributed by atoms with Gasteiger partial charge in [0.05, 0.1) is 10.9 Å². The van der Waals surface area contributed by atoms with E-state index in [1.807, 2.05) is 0 Å².